The van der Waals surface area contributed by atoms with Gasteiger partial charge in [0.2, 0.25) is 5.88 Å². The second-order valence-corrected chi connectivity index (χ2v) is 4.65. The van der Waals surface area contributed by atoms with Crippen molar-refractivity contribution in [3.8, 4) is 5.88 Å². The summed E-state index contributed by atoms with van der Waals surface area (Å²) in [5, 5.41) is 12.0. The van der Waals surface area contributed by atoms with Gasteiger partial charge in [0.15, 0.2) is 0 Å². The van der Waals surface area contributed by atoms with Crippen molar-refractivity contribution in [1.29, 1.82) is 0 Å². The van der Waals surface area contributed by atoms with Crippen LogP contribution in [-0.2, 0) is 11.3 Å². The molecule has 120 valence electrons. The molecule has 23 heavy (non-hydrogen) atoms. The molecule has 7 heteroatoms. The van der Waals surface area contributed by atoms with Crippen LogP contribution in [0.5, 0.6) is 5.88 Å². The molecule has 1 aromatic carbocycles. The number of rotatable bonds is 6. The average molecular weight is 315 g/mol. The van der Waals surface area contributed by atoms with Crippen molar-refractivity contribution >= 4 is 12.2 Å². The van der Waals surface area contributed by atoms with E-state index in [0.29, 0.717) is 13.0 Å². The van der Waals surface area contributed by atoms with Crippen molar-refractivity contribution < 1.29 is 14.6 Å². The van der Waals surface area contributed by atoms with Crippen LogP contribution in [0.1, 0.15) is 17.5 Å². The minimum absolute atomic E-state index is 0.0826. The number of nitrogens with one attached hydrogen (secondary N) is 2. The quantitative estimate of drug-likeness (QED) is 0.705. The second-order valence-electron chi connectivity index (χ2n) is 4.65. The van der Waals surface area contributed by atoms with E-state index in [2.05, 4.69) is 15.3 Å². The first kappa shape index (κ1) is 16.3. The number of aromatic nitrogens is 2. The number of amides is 1. The monoisotopic (exact) mass is 315 g/mol. The van der Waals surface area contributed by atoms with Gasteiger partial charge in [0.05, 0.1) is 6.33 Å². The predicted molar refractivity (Wildman–Crippen MR) is 84.8 cm³/mol. The van der Waals surface area contributed by atoms with Gasteiger partial charge in [-0.1, -0.05) is 36.4 Å². The van der Waals surface area contributed by atoms with Gasteiger partial charge in [0, 0.05) is 6.54 Å². The zero-order valence-corrected chi connectivity index (χ0v) is 12.4. The number of carbonyl (C=O) groups excluding carboxylic acids is 1. The molecule has 0 unspecified atom stereocenters. The van der Waals surface area contributed by atoms with Gasteiger partial charge in [-0.05, 0) is 18.1 Å². The number of hydrogen-bond donors (Lipinski definition) is 3. The summed E-state index contributed by atoms with van der Waals surface area (Å²) in [5.74, 6) is -0.333. The Balaban J connectivity index is 1.70. The van der Waals surface area contributed by atoms with Gasteiger partial charge in [0.25, 0.3) is 5.56 Å². The Morgan fingerprint density at radius 2 is 2.13 bits per heavy atom. The zero-order valence-electron chi connectivity index (χ0n) is 12.4. The Morgan fingerprint density at radius 3 is 2.87 bits per heavy atom. The topological polar surface area (TPSA) is 104 Å². The lowest BCUT2D eigenvalue weighted by molar-refractivity contribution is 0.140. The summed E-state index contributed by atoms with van der Waals surface area (Å²) in [7, 11) is 0. The van der Waals surface area contributed by atoms with Crippen LogP contribution in [-0.4, -0.2) is 27.7 Å². The molecule has 0 spiro atoms. The number of aromatic hydroxyl groups is 1. The first-order chi connectivity index (χ1) is 11.2. The molecule has 2 rings (SSSR count). The first-order valence-corrected chi connectivity index (χ1v) is 7.04. The van der Waals surface area contributed by atoms with Crippen molar-refractivity contribution in [2.24, 2.45) is 0 Å². The lowest BCUT2D eigenvalue weighted by Gasteiger charge is -2.05. The minimum atomic E-state index is -0.510. The molecule has 0 aliphatic carbocycles. The standard InChI is InChI=1S/C16H17N3O4/c20-14-13(15(21)19-11-18-14)8-4-5-9-17-16(22)23-10-12-6-2-1-3-7-12/h1-4,6-8,11H,5,9-10H2,(H,17,22)(H2,18,19,20,21). The summed E-state index contributed by atoms with van der Waals surface area (Å²) < 4.78 is 5.05. The Kier molecular flexibility index (Phi) is 5.93. The second kappa shape index (κ2) is 8.38. The average Bonchev–Trinajstić information content (AvgIpc) is 2.56. The third-order valence-corrected chi connectivity index (χ3v) is 2.95. The van der Waals surface area contributed by atoms with Gasteiger partial charge < -0.3 is 20.1 Å². The number of alkyl carbamates (subject to hydrolysis) is 1. The molecule has 0 fully saturated rings. The van der Waals surface area contributed by atoms with E-state index in [-0.39, 0.29) is 18.1 Å². The van der Waals surface area contributed by atoms with E-state index < -0.39 is 11.7 Å². The van der Waals surface area contributed by atoms with Gasteiger partial charge in [-0.25, -0.2) is 9.78 Å². The van der Waals surface area contributed by atoms with Gasteiger partial charge in [-0.3, -0.25) is 4.79 Å². The molecule has 0 saturated carbocycles. The molecular formula is C16H17N3O4. The van der Waals surface area contributed by atoms with E-state index in [4.69, 9.17) is 4.74 Å². The summed E-state index contributed by atoms with van der Waals surface area (Å²) in [6.07, 6.45) is 4.21. The fourth-order valence-corrected chi connectivity index (χ4v) is 1.78. The Hall–Kier alpha value is -3.09. The molecule has 7 nitrogen and oxygen atoms in total. The fourth-order valence-electron chi connectivity index (χ4n) is 1.78. The van der Waals surface area contributed by atoms with Gasteiger partial charge in [0.1, 0.15) is 12.2 Å². The summed E-state index contributed by atoms with van der Waals surface area (Å²) in [6.45, 7) is 0.560. The molecule has 1 amide bonds. The van der Waals surface area contributed by atoms with Gasteiger partial charge in [-0.2, -0.15) is 0 Å². The maximum atomic E-state index is 11.5. The van der Waals surface area contributed by atoms with Crippen LogP contribution in [0.2, 0.25) is 0 Å². The molecule has 0 atom stereocenters. The van der Waals surface area contributed by atoms with Crippen LogP contribution >= 0.6 is 0 Å². The van der Waals surface area contributed by atoms with Crippen LogP contribution in [0.15, 0.2) is 47.5 Å². The number of ether oxygens (including phenoxy) is 1. The van der Waals surface area contributed by atoms with E-state index in [0.717, 1.165) is 11.9 Å². The lowest BCUT2D eigenvalue weighted by Crippen LogP contribution is -2.24. The van der Waals surface area contributed by atoms with Crippen molar-refractivity contribution in [2.75, 3.05) is 6.54 Å². The van der Waals surface area contributed by atoms with Crippen molar-refractivity contribution in [3.05, 3.63) is 64.2 Å². The summed E-state index contributed by atoms with van der Waals surface area (Å²) >= 11 is 0. The maximum absolute atomic E-state index is 11.5. The minimum Gasteiger partial charge on any atom is -0.493 e. The van der Waals surface area contributed by atoms with Crippen molar-refractivity contribution in [1.82, 2.24) is 15.3 Å². The van der Waals surface area contributed by atoms with Crippen LogP contribution in [0.25, 0.3) is 6.08 Å². The van der Waals surface area contributed by atoms with Gasteiger partial charge in [-0.15, -0.1) is 0 Å². The maximum Gasteiger partial charge on any atom is 0.407 e. The number of benzene rings is 1. The van der Waals surface area contributed by atoms with E-state index in [1.165, 1.54) is 6.08 Å². The predicted octanol–water partition coefficient (Wildman–Crippen LogP) is 1.81. The molecule has 0 bridgehead atoms. The highest BCUT2D eigenvalue weighted by atomic mass is 16.5. The van der Waals surface area contributed by atoms with E-state index in [1.54, 1.807) is 6.08 Å². The fraction of sp³-hybridized carbons (Fsp3) is 0.188. The van der Waals surface area contributed by atoms with Crippen LogP contribution in [0.3, 0.4) is 0 Å². The molecular weight excluding hydrogens is 298 g/mol. The summed E-state index contributed by atoms with van der Waals surface area (Å²) in [4.78, 5) is 28.9. The number of H-pyrrole nitrogens is 1. The number of carbonyl (C=O) groups is 1. The van der Waals surface area contributed by atoms with Crippen molar-refractivity contribution in [3.63, 3.8) is 0 Å². The summed E-state index contributed by atoms with van der Waals surface area (Å²) in [6, 6.07) is 9.37. The zero-order chi connectivity index (χ0) is 16.5. The van der Waals surface area contributed by atoms with Crippen LogP contribution < -0.4 is 10.9 Å². The van der Waals surface area contributed by atoms with Crippen LogP contribution in [0, 0.1) is 0 Å². The molecule has 0 saturated heterocycles. The molecule has 3 N–H and O–H groups in total. The normalized spacial score (nSPS) is 10.6. The third-order valence-electron chi connectivity index (χ3n) is 2.95. The molecule has 1 aromatic heterocycles. The van der Waals surface area contributed by atoms with E-state index >= 15 is 0 Å². The highest BCUT2D eigenvalue weighted by molar-refractivity contribution is 5.67. The first-order valence-electron chi connectivity index (χ1n) is 7.04. The molecule has 0 aliphatic rings. The van der Waals surface area contributed by atoms with E-state index in [1.807, 2.05) is 30.3 Å². The third kappa shape index (κ3) is 5.31. The molecule has 2 aromatic rings. The smallest absolute Gasteiger partial charge is 0.407 e. The van der Waals surface area contributed by atoms with E-state index in [9.17, 15) is 14.7 Å². The SMILES string of the molecule is O=C(NCCC=Cc1c(O)nc[nH]c1=O)OCc1ccccc1. The number of hydrogen-bond acceptors (Lipinski definition) is 5. The Bertz CT molecular complexity index is 726. The number of aromatic amines is 1. The molecule has 1 heterocycles. The van der Waals surface area contributed by atoms with Crippen molar-refractivity contribution in [2.45, 2.75) is 13.0 Å². The summed E-state index contributed by atoms with van der Waals surface area (Å²) in [5.41, 5.74) is 0.567. The van der Waals surface area contributed by atoms with Crippen LogP contribution in [0.4, 0.5) is 4.79 Å². The number of nitrogens with zero attached hydrogens (tertiary/aromatic N) is 1. The molecule has 0 radical (unpaired) electrons. The Morgan fingerprint density at radius 1 is 1.35 bits per heavy atom. The highest BCUT2D eigenvalue weighted by Crippen LogP contribution is 2.08. The highest BCUT2D eigenvalue weighted by Gasteiger charge is 2.03. The largest absolute Gasteiger partial charge is 0.493 e. The lowest BCUT2D eigenvalue weighted by atomic mass is 10.2. The van der Waals surface area contributed by atoms with Gasteiger partial charge >= 0.3 is 6.09 Å². The molecule has 0 aliphatic heterocycles. The Labute approximate surface area is 132 Å².